The van der Waals surface area contributed by atoms with Crippen molar-refractivity contribution in [3.8, 4) is 16.9 Å². The van der Waals surface area contributed by atoms with Gasteiger partial charge in [-0.1, -0.05) is 12.1 Å². The summed E-state index contributed by atoms with van der Waals surface area (Å²) in [4.78, 5) is 0. The molecule has 1 aromatic carbocycles. The van der Waals surface area contributed by atoms with Crippen molar-refractivity contribution in [2.24, 2.45) is 0 Å². The van der Waals surface area contributed by atoms with Crippen molar-refractivity contribution in [1.82, 2.24) is 4.37 Å². The summed E-state index contributed by atoms with van der Waals surface area (Å²) in [7, 11) is 1.68. The fourth-order valence-electron chi connectivity index (χ4n) is 1.54. The maximum atomic E-state index is 5.18. The van der Waals surface area contributed by atoms with Crippen LogP contribution in [0.5, 0.6) is 5.75 Å². The normalized spacial score (nSPS) is 10.5. The van der Waals surface area contributed by atoms with Gasteiger partial charge < -0.3 is 4.74 Å². The zero-order valence-corrected chi connectivity index (χ0v) is 12.3. The van der Waals surface area contributed by atoms with E-state index in [9.17, 15) is 0 Å². The van der Waals surface area contributed by atoms with Crippen molar-refractivity contribution in [2.45, 2.75) is 9.24 Å². The first-order valence-corrected chi connectivity index (χ1v) is 8.24. The Morgan fingerprint density at radius 2 is 1.82 bits per heavy atom. The van der Waals surface area contributed by atoms with Crippen LogP contribution in [0, 0.1) is 0 Å². The van der Waals surface area contributed by atoms with Crippen molar-refractivity contribution in [3.05, 3.63) is 24.3 Å². The Kier molecular flexibility index (Phi) is 4.36. The fourth-order valence-corrected chi connectivity index (χ4v) is 3.89. The van der Waals surface area contributed by atoms with E-state index in [2.05, 4.69) is 29.0 Å². The van der Waals surface area contributed by atoms with Crippen LogP contribution < -0.4 is 4.74 Å². The number of methoxy groups -OCH3 is 1. The molecule has 0 spiro atoms. The number of thioether (sulfide) groups is 2. The van der Waals surface area contributed by atoms with Crippen molar-refractivity contribution in [3.63, 3.8) is 0 Å². The zero-order chi connectivity index (χ0) is 12.3. The lowest BCUT2D eigenvalue weighted by atomic mass is 10.1. The largest absolute Gasteiger partial charge is 0.497 e. The van der Waals surface area contributed by atoms with Gasteiger partial charge in [0, 0.05) is 5.56 Å². The third-order valence-corrected chi connectivity index (χ3v) is 5.13. The maximum Gasteiger partial charge on any atom is 0.119 e. The first-order valence-electron chi connectivity index (χ1n) is 5.02. The average Bonchev–Trinajstić information content (AvgIpc) is 2.81. The second-order valence-electron chi connectivity index (χ2n) is 3.29. The van der Waals surface area contributed by atoms with Gasteiger partial charge in [0.25, 0.3) is 0 Å². The molecule has 0 radical (unpaired) electrons. The highest BCUT2D eigenvalue weighted by atomic mass is 32.2. The van der Waals surface area contributed by atoms with Crippen LogP contribution in [0.15, 0.2) is 33.5 Å². The summed E-state index contributed by atoms with van der Waals surface area (Å²) >= 11 is 5.01. The summed E-state index contributed by atoms with van der Waals surface area (Å²) in [5, 5.41) is 1.10. The molecule has 0 N–H and O–H groups in total. The number of ether oxygens (including phenoxy) is 1. The molecule has 0 aliphatic heterocycles. The molecule has 0 bridgehead atoms. The lowest BCUT2D eigenvalue weighted by Gasteiger charge is -2.05. The molecule has 2 rings (SSSR count). The van der Waals surface area contributed by atoms with E-state index in [1.54, 1.807) is 42.2 Å². The molecular formula is C12H13NOS3. The highest BCUT2D eigenvalue weighted by Crippen LogP contribution is 2.40. The SMILES string of the molecule is COc1ccc(-c2c(SC)nsc2SC)cc1. The molecule has 0 amide bonds. The van der Waals surface area contributed by atoms with Crippen LogP contribution in [-0.2, 0) is 0 Å². The molecule has 2 nitrogen and oxygen atoms in total. The first kappa shape index (κ1) is 12.8. The Hall–Kier alpha value is -0.650. The predicted octanol–water partition coefficient (Wildman–Crippen LogP) is 4.26. The van der Waals surface area contributed by atoms with E-state index in [4.69, 9.17) is 4.74 Å². The lowest BCUT2D eigenvalue weighted by molar-refractivity contribution is 0.415. The van der Waals surface area contributed by atoms with E-state index >= 15 is 0 Å². The molecule has 1 heterocycles. The molecule has 90 valence electrons. The summed E-state index contributed by atoms with van der Waals surface area (Å²) in [5.74, 6) is 0.883. The summed E-state index contributed by atoms with van der Waals surface area (Å²) in [6.45, 7) is 0. The van der Waals surface area contributed by atoms with Crippen LogP contribution in [0.1, 0.15) is 0 Å². The Morgan fingerprint density at radius 1 is 1.12 bits per heavy atom. The van der Waals surface area contributed by atoms with E-state index in [0.717, 1.165) is 10.8 Å². The van der Waals surface area contributed by atoms with Gasteiger partial charge in [-0.25, -0.2) is 0 Å². The quantitative estimate of drug-likeness (QED) is 0.782. The zero-order valence-electron chi connectivity index (χ0n) is 9.89. The predicted molar refractivity (Wildman–Crippen MR) is 77.7 cm³/mol. The minimum atomic E-state index is 0.883. The van der Waals surface area contributed by atoms with Gasteiger partial charge in [-0.15, -0.1) is 23.5 Å². The average molecular weight is 283 g/mol. The van der Waals surface area contributed by atoms with Crippen molar-refractivity contribution >= 4 is 35.1 Å². The van der Waals surface area contributed by atoms with E-state index in [0.29, 0.717) is 0 Å². The standard InChI is InChI=1S/C12H13NOS3/c1-14-9-6-4-8(5-7-9)10-11(15-2)13-17-12(10)16-3/h4-7H,1-3H3. The van der Waals surface area contributed by atoms with E-state index in [1.165, 1.54) is 15.3 Å². The molecule has 0 saturated carbocycles. The third kappa shape index (κ3) is 2.61. The molecule has 5 heteroatoms. The van der Waals surface area contributed by atoms with Crippen molar-refractivity contribution in [2.75, 3.05) is 19.6 Å². The van der Waals surface area contributed by atoms with Crippen LogP contribution in [0.2, 0.25) is 0 Å². The van der Waals surface area contributed by atoms with Crippen molar-refractivity contribution in [1.29, 1.82) is 0 Å². The topological polar surface area (TPSA) is 22.1 Å². The van der Waals surface area contributed by atoms with Gasteiger partial charge in [-0.05, 0) is 41.7 Å². The van der Waals surface area contributed by atoms with Gasteiger partial charge in [0.1, 0.15) is 10.8 Å². The van der Waals surface area contributed by atoms with Gasteiger partial charge in [0.2, 0.25) is 0 Å². The first-order chi connectivity index (χ1) is 8.30. The van der Waals surface area contributed by atoms with Gasteiger partial charge in [0.05, 0.1) is 11.3 Å². The van der Waals surface area contributed by atoms with E-state index < -0.39 is 0 Å². The molecule has 1 aromatic heterocycles. The Bertz CT molecular complexity index is 471. The Morgan fingerprint density at radius 3 is 2.35 bits per heavy atom. The summed E-state index contributed by atoms with van der Waals surface area (Å²) in [6.07, 6.45) is 4.15. The molecule has 0 unspecified atom stereocenters. The lowest BCUT2D eigenvalue weighted by Crippen LogP contribution is -1.84. The van der Waals surface area contributed by atoms with Crippen molar-refractivity contribution < 1.29 is 4.74 Å². The van der Waals surface area contributed by atoms with Crippen LogP contribution >= 0.6 is 35.1 Å². The van der Waals surface area contributed by atoms with Crippen LogP contribution in [-0.4, -0.2) is 24.0 Å². The second-order valence-corrected chi connectivity index (χ2v) is 5.93. The van der Waals surface area contributed by atoms with E-state index in [1.807, 2.05) is 12.1 Å². The summed E-state index contributed by atoms with van der Waals surface area (Å²) < 4.78 is 10.9. The monoisotopic (exact) mass is 283 g/mol. The Labute approximate surface area is 114 Å². The minimum absolute atomic E-state index is 0.883. The molecule has 0 aliphatic rings. The molecule has 0 atom stereocenters. The molecule has 0 aliphatic carbocycles. The minimum Gasteiger partial charge on any atom is -0.497 e. The number of hydrogen-bond acceptors (Lipinski definition) is 5. The highest BCUT2D eigenvalue weighted by molar-refractivity contribution is 8.01. The summed E-state index contributed by atoms with van der Waals surface area (Å²) in [5.41, 5.74) is 2.45. The number of aromatic nitrogens is 1. The van der Waals surface area contributed by atoms with Gasteiger partial charge in [0.15, 0.2) is 0 Å². The fraction of sp³-hybridized carbons (Fsp3) is 0.250. The smallest absolute Gasteiger partial charge is 0.119 e. The number of rotatable bonds is 4. The van der Waals surface area contributed by atoms with Gasteiger partial charge >= 0.3 is 0 Å². The Balaban J connectivity index is 2.46. The van der Waals surface area contributed by atoms with Gasteiger partial charge in [-0.2, -0.15) is 4.37 Å². The molecule has 0 saturated heterocycles. The number of benzene rings is 1. The van der Waals surface area contributed by atoms with Gasteiger partial charge in [-0.3, -0.25) is 0 Å². The van der Waals surface area contributed by atoms with E-state index in [-0.39, 0.29) is 0 Å². The summed E-state index contributed by atoms with van der Waals surface area (Å²) in [6, 6.07) is 8.15. The maximum absolute atomic E-state index is 5.18. The van der Waals surface area contributed by atoms with Crippen LogP contribution in [0.25, 0.3) is 11.1 Å². The molecule has 0 fully saturated rings. The highest BCUT2D eigenvalue weighted by Gasteiger charge is 2.14. The third-order valence-electron chi connectivity index (χ3n) is 2.39. The molecular weight excluding hydrogens is 270 g/mol. The molecule has 2 aromatic rings. The number of hydrogen-bond donors (Lipinski definition) is 0. The molecule has 17 heavy (non-hydrogen) atoms. The number of nitrogens with zero attached hydrogens (tertiary/aromatic N) is 1. The van der Waals surface area contributed by atoms with Crippen LogP contribution in [0.4, 0.5) is 0 Å². The second kappa shape index (κ2) is 5.80. The van der Waals surface area contributed by atoms with Crippen LogP contribution in [0.3, 0.4) is 0 Å².